The number of nitrogens with zero attached hydrogens (tertiary/aromatic N) is 3. The molecule has 0 radical (unpaired) electrons. The van der Waals surface area contributed by atoms with Gasteiger partial charge in [0.25, 0.3) is 11.5 Å². The summed E-state index contributed by atoms with van der Waals surface area (Å²) in [7, 11) is 0. The van der Waals surface area contributed by atoms with Crippen molar-refractivity contribution in [1.29, 1.82) is 0 Å². The average Bonchev–Trinajstić information content (AvgIpc) is 3.47. The number of carbonyl (C=O) groups is 1. The molecule has 0 saturated carbocycles. The van der Waals surface area contributed by atoms with Gasteiger partial charge in [-0.3, -0.25) is 14.2 Å². The van der Waals surface area contributed by atoms with Crippen molar-refractivity contribution in [2.45, 2.75) is 32.9 Å². The van der Waals surface area contributed by atoms with Crippen LogP contribution < -0.4 is 5.56 Å². The Hall–Kier alpha value is -4.45. The third-order valence-electron chi connectivity index (χ3n) is 6.44. The highest BCUT2D eigenvalue weighted by Gasteiger charge is 2.29. The zero-order chi connectivity index (χ0) is 25.1. The second kappa shape index (κ2) is 10.0. The van der Waals surface area contributed by atoms with Gasteiger partial charge in [-0.15, -0.1) is 0 Å². The fourth-order valence-electron chi connectivity index (χ4n) is 4.54. The number of amides is 1. The first kappa shape index (κ1) is 23.3. The predicted molar refractivity (Wildman–Crippen MR) is 140 cm³/mol. The Morgan fingerprint density at radius 3 is 2.42 bits per heavy atom. The largest absolute Gasteiger partial charge is 0.459 e. The van der Waals surface area contributed by atoms with Crippen LogP contribution in [0.3, 0.4) is 0 Å². The molecule has 6 nitrogen and oxygen atoms in total. The maximum absolute atomic E-state index is 13.9. The highest BCUT2D eigenvalue weighted by molar-refractivity contribution is 5.91. The molecule has 2 aromatic heterocycles. The number of hydrogen-bond acceptors (Lipinski definition) is 4. The van der Waals surface area contributed by atoms with Gasteiger partial charge in [0.1, 0.15) is 5.82 Å². The molecule has 0 aliphatic heterocycles. The molecule has 180 valence electrons. The van der Waals surface area contributed by atoms with Crippen molar-refractivity contribution < 1.29 is 9.21 Å². The predicted octanol–water partition coefficient (Wildman–Crippen LogP) is 5.94. The Morgan fingerprint density at radius 2 is 1.67 bits per heavy atom. The highest BCUT2D eigenvalue weighted by Crippen LogP contribution is 2.27. The molecular formula is C30H27N3O3. The van der Waals surface area contributed by atoms with E-state index >= 15 is 0 Å². The maximum Gasteiger partial charge on any atom is 0.290 e. The third-order valence-corrected chi connectivity index (χ3v) is 6.44. The van der Waals surface area contributed by atoms with Gasteiger partial charge in [0.15, 0.2) is 5.76 Å². The summed E-state index contributed by atoms with van der Waals surface area (Å²) in [5.74, 6) is 0.464. The number of aromatic nitrogens is 2. The molecule has 5 aromatic rings. The first-order valence-corrected chi connectivity index (χ1v) is 12.1. The Balaban J connectivity index is 1.73. The first-order valence-electron chi connectivity index (χ1n) is 12.1. The molecule has 3 aromatic carbocycles. The fourth-order valence-corrected chi connectivity index (χ4v) is 4.54. The Bertz CT molecular complexity index is 1560. The molecule has 6 heteroatoms. The lowest BCUT2D eigenvalue weighted by Gasteiger charge is -2.30. The maximum atomic E-state index is 13.9. The van der Waals surface area contributed by atoms with E-state index < -0.39 is 6.04 Å². The highest BCUT2D eigenvalue weighted by atomic mass is 16.3. The van der Waals surface area contributed by atoms with Crippen LogP contribution in [0.2, 0.25) is 0 Å². The quantitative estimate of drug-likeness (QED) is 0.291. The summed E-state index contributed by atoms with van der Waals surface area (Å²) >= 11 is 0. The van der Waals surface area contributed by atoms with Crippen LogP contribution in [0.25, 0.3) is 16.6 Å². The molecule has 2 heterocycles. The average molecular weight is 478 g/mol. The van der Waals surface area contributed by atoms with E-state index in [1.165, 1.54) is 6.26 Å². The summed E-state index contributed by atoms with van der Waals surface area (Å²) < 4.78 is 7.13. The summed E-state index contributed by atoms with van der Waals surface area (Å²) in [4.78, 5) is 34.2. The van der Waals surface area contributed by atoms with E-state index in [-0.39, 0.29) is 17.2 Å². The number of benzene rings is 3. The van der Waals surface area contributed by atoms with Crippen LogP contribution in [0, 0.1) is 0 Å². The molecule has 5 rings (SSSR count). The van der Waals surface area contributed by atoms with Crippen LogP contribution in [-0.4, -0.2) is 20.4 Å². The molecule has 36 heavy (non-hydrogen) atoms. The van der Waals surface area contributed by atoms with E-state index in [2.05, 4.69) is 6.92 Å². The van der Waals surface area contributed by atoms with E-state index in [9.17, 15) is 9.59 Å². The van der Waals surface area contributed by atoms with Crippen molar-refractivity contribution in [3.8, 4) is 5.69 Å². The van der Waals surface area contributed by atoms with Gasteiger partial charge in [0.05, 0.1) is 28.9 Å². The van der Waals surface area contributed by atoms with E-state index in [0.29, 0.717) is 23.3 Å². The summed E-state index contributed by atoms with van der Waals surface area (Å²) in [5, 5.41) is 0.534. The van der Waals surface area contributed by atoms with E-state index in [1.54, 1.807) is 27.7 Å². The van der Waals surface area contributed by atoms with Gasteiger partial charge in [0.2, 0.25) is 0 Å². The van der Waals surface area contributed by atoms with Crippen LogP contribution in [0.1, 0.15) is 47.4 Å². The Morgan fingerprint density at radius 1 is 0.944 bits per heavy atom. The van der Waals surface area contributed by atoms with Gasteiger partial charge >= 0.3 is 0 Å². The van der Waals surface area contributed by atoms with Gasteiger partial charge in [-0.1, -0.05) is 67.6 Å². The molecule has 0 fully saturated rings. The molecule has 0 bridgehead atoms. The van der Waals surface area contributed by atoms with Crippen molar-refractivity contribution in [1.82, 2.24) is 14.5 Å². The van der Waals surface area contributed by atoms with Crippen LogP contribution in [0.5, 0.6) is 0 Å². The topological polar surface area (TPSA) is 68.3 Å². The van der Waals surface area contributed by atoms with Gasteiger partial charge in [-0.05, 0) is 54.8 Å². The monoisotopic (exact) mass is 477 g/mol. The summed E-state index contributed by atoms with van der Waals surface area (Å²) in [6.45, 7) is 4.30. The number of fused-ring (bicyclic) bond motifs is 1. The van der Waals surface area contributed by atoms with Crippen molar-refractivity contribution >= 4 is 16.8 Å². The molecule has 1 amide bonds. The van der Waals surface area contributed by atoms with Crippen molar-refractivity contribution in [3.63, 3.8) is 0 Å². The molecule has 1 atom stereocenters. The van der Waals surface area contributed by atoms with Crippen LogP contribution in [0.4, 0.5) is 0 Å². The van der Waals surface area contributed by atoms with Crippen LogP contribution in [-0.2, 0) is 13.0 Å². The number of furan rings is 1. The van der Waals surface area contributed by atoms with Gasteiger partial charge in [0, 0.05) is 6.54 Å². The summed E-state index contributed by atoms with van der Waals surface area (Å²) in [5.41, 5.74) is 3.20. The Labute approximate surface area is 209 Å². The van der Waals surface area contributed by atoms with Crippen LogP contribution in [0.15, 0.2) is 106 Å². The first-order chi connectivity index (χ1) is 17.6. The van der Waals surface area contributed by atoms with Gasteiger partial charge < -0.3 is 9.32 Å². The van der Waals surface area contributed by atoms with Gasteiger partial charge in [-0.2, -0.15) is 0 Å². The Kier molecular flexibility index (Phi) is 6.50. The molecule has 0 N–H and O–H groups in total. The SMILES string of the molecule is CCc1ccccc1-n1c(C(C)N(Cc2ccccc2)C(=O)c2ccco2)nc2ccccc2c1=O. The minimum atomic E-state index is -0.537. The van der Waals surface area contributed by atoms with E-state index in [1.807, 2.05) is 79.7 Å². The number of rotatable bonds is 7. The number of aryl methyl sites for hydroxylation is 1. The van der Waals surface area contributed by atoms with Crippen molar-refractivity contribution in [3.05, 3.63) is 130 Å². The second-order valence-corrected chi connectivity index (χ2v) is 8.68. The molecular weight excluding hydrogens is 450 g/mol. The summed E-state index contributed by atoms with van der Waals surface area (Å²) in [6.07, 6.45) is 2.24. The lowest BCUT2D eigenvalue weighted by molar-refractivity contribution is 0.0631. The molecule has 1 unspecified atom stereocenters. The normalized spacial score (nSPS) is 11.9. The molecule has 0 aliphatic rings. The number of hydrogen-bond donors (Lipinski definition) is 0. The fraction of sp³-hybridized carbons (Fsp3) is 0.167. The van der Waals surface area contributed by atoms with E-state index in [4.69, 9.17) is 9.40 Å². The molecule has 0 aliphatic carbocycles. The lowest BCUT2D eigenvalue weighted by Crippen LogP contribution is -2.37. The molecule has 0 spiro atoms. The van der Waals surface area contributed by atoms with Crippen LogP contribution >= 0.6 is 0 Å². The summed E-state index contributed by atoms with van der Waals surface area (Å²) in [6, 6.07) is 27.7. The van der Waals surface area contributed by atoms with Gasteiger partial charge in [-0.25, -0.2) is 4.98 Å². The van der Waals surface area contributed by atoms with E-state index in [0.717, 1.165) is 23.2 Å². The minimum absolute atomic E-state index is 0.159. The standard InChI is InChI=1S/C30H27N3O3/c1-3-23-14-7-10-17-26(23)33-28(31-25-16-9-8-15-24(25)29(33)34)21(2)32(20-22-12-5-4-6-13-22)30(35)27-18-11-19-36-27/h4-19,21H,3,20H2,1-2H3. The third kappa shape index (κ3) is 4.33. The minimum Gasteiger partial charge on any atom is -0.459 e. The van der Waals surface area contributed by atoms with Crippen molar-refractivity contribution in [2.75, 3.05) is 0 Å². The second-order valence-electron chi connectivity index (χ2n) is 8.68. The zero-order valence-electron chi connectivity index (χ0n) is 20.3. The smallest absolute Gasteiger partial charge is 0.290 e. The molecule has 0 saturated heterocycles. The number of para-hydroxylation sites is 2. The van der Waals surface area contributed by atoms with Crippen molar-refractivity contribution in [2.24, 2.45) is 0 Å². The number of carbonyl (C=O) groups excluding carboxylic acids is 1. The lowest BCUT2D eigenvalue weighted by atomic mass is 10.1. The zero-order valence-corrected chi connectivity index (χ0v) is 20.3.